The van der Waals surface area contributed by atoms with Gasteiger partial charge in [0.15, 0.2) is 5.58 Å². The van der Waals surface area contributed by atoms with Gasteiger partial charge in [-0.15, -0.1) is 0 Å². The lowest BCUT2D eigenvalue weighted by atomic mass is 9.93. The molecule has 6 heterocycles. The summed E-state index contributed by atoms with van der Waals surface area (Å²) >= 11 is 0. The second-order valence-electron chi connectivity index (χ2n) is 23.9. The van der Waals surface area contributed by atoms with E-state index in [9.17, 15) is 0 Å². The van der Waals surface area contributed by atoms with E-state index in [-0.39, 0.29) is 0 Å². The van der Waals surface area contributed by atoms with Crippen molar-refractivity contribution in [3.05, 3.63) is 303 Å². The molecule has 0 amide bonds. The summed E-state index contributed by atoms with van der Waals surface area (Å²) < 4.78 is 23.6. The SMILES string of the molecule is c1ccc(-n2c3ccccc3c3cc(-c4ccc5oc6c(-c7ccc8c(c7)c7ccccc7n8-c7ccc8oc9c(-n%10c%11ccccc%11c%11ccccc%11%10)cccc9c8c7)cc(-c7ccc8c(c7)c7ccccc7n8-c7ccccc7)cc6c5c4)ccc32)cc1. The molecule has 0 fully saturated rings. The highest BCUT2D eigenvalue weighted by atomic mass is 16.3. The molecule has 0 saturated heterocycles. The Labute approximate surface area is 514 Å². The molecule has 0 radical (unpaired) electrons. The topological polar surface area (TPSA) is 46.0 Å². The standard InChI is InChI=1S/C84H50N4O2/c1-3-18-56(19-4-1)85-72-28-12-9-24-61(72)66-44-51(34-39-77(66)85)52-37-42-81-69(46-52)71-49-55(53-35-40-78-67(45-53)62-25-10-13-29-73(62)86(78)57-20-5-2-6-21-57)48-65(83(71)89-81)54-36-41-79-68(47-54)63-26-11-14-30-74(63)87(79)58-38-43-82-70(50-58)64-27-17-33-80(84(64)90-82)88-75-31-15-7-22-59(75)60-23-8-16-32-76(60)88/h1-50H. The van der Waals surface area contributed by atoms with Crippen LogP contribution in [-0.2, 0) is 0 Å². The van der Waals surface area contributed by atoms with Crippen LogP contribution in [0.4, 0.5) is 0 Å². The molecule has 418 valence electrons. The van der Waals surface area contributed by atoms with Gasteiger partial charge in [0.2, 0.25) is 0 Å². The maximum absolute atomic E-state index is 7.17. The van der Waals surface area contributed by atoms with Crippen molar-refractivity contribution in [2.45, 2.75) is 0 Å². The largest absolute Gasteiger partial charge is 0.455 e. The summed E-state index contributed by atoms with van der Waals surface area (Å²) in [6.07, 6.45) is 0. The van der Waals surface area contributed by atoms with Gasteiger partial charge in [-0.05, 0) is 167 Å². The van der Waals surface area contributed by atoms with Crippen molar-refractivity contribution in [2.75, 3.05) is 0 Å². The summed E-state index contributed by atoms with van der Waals surface area (Å²) in [4.78, 5) is 0. The van der Waals surface area contributed by atoms with Crippen LogP contribution >= 0.6 is 0 Å². The third-order valence-electron chi connectivity index (χ3n) is 19.1. The minimum absolute atomic E-state index is 0.845. The van der Waals surface area contributed by atoms with Crippen molar-refractivity contribution in [3.63, 3.8) is 0 Å². The molecule has 0 N–H and O–H groups in total. The maximum atomic E-state index is 7.17. The predicted molar refractivity (Wildman–Crippen MR) is 375 cm³/mol. The van der Waals surface area contributed by atoms with Gasteiger partial charge in [0.05, 0.1) is 49.8 Å². The lowest BCUT2D eigenvalue weighted by Gasteiger charge is -2.11. The Balaban J connectivity index is 0.771. The Kier molecular flexibility index (Phi) is 10.2. The van der Waals surface area contributed by atoms with E-state index in [4.69, 9.17) is 8.83 Å². The number of hydrogen-bond donors (Lipinski definition) is 0. The van der Waals surface area contributed by atoms with Gasteiger partial charge in [0.25, 0.3) is 0 Å². The minimum Gasteiger partial charge on any atom is -0.455 e. The maximum Gasteiger partial charge on any atom is 0.159 e. The van der Waals surface area contributed by atoms with Crippen LogP contribution in [0.3, 0.4) is 0 Å². The summed E-state index contributed by atoms with van der Waals surface area (Å²) in [6.45, 7) is 0. The fourth-order valence-electron chi connectivity index (χ4n) is 15.1. The molecule has 6 nitrogen and oxygen atoms in total. The second kappa shape index (κ2) is 18.7. The van der Waals surface area contributed by atoms with Crippen molar-refractivity contribution in [1.29, 1.82) is 0 Å². The van der Waals surface area contributed by atoms with Crippen molar-refractivity contribution >= 4 is 131 Å². The molecule has 0 atom stereocenters. The van der Waals surface area contributed by atoms with Gasteiger partial charge >= 0.3 is 0 Å². The summed E-state index contributed by atoms with van der Waals surface area (Å²) in [7, 11) is 0. The number of nitrogens with zero attached hydrogens (tertiary/aromatic N) is 4. The molecule has 0 saturated carbocycles. The lowest BCUT2D eigenvalue weighted by Crippen LogP contribution is -1.94. The van der Waals surface area contributed by atoms with E-state index in [0.29, 0.717) is 0 Å². The number of aromatic nitrogens is 4. The van der Waals surface area contributed by atoms with Crippen molar-refractivity contribution in [3.8, 4) is 56.1 Å². The van der Waals surface area contributed by atoms with E-state index in [2.05, 4.69) is 322 Å². The number of hydrogen-bond acceptors (Lipinski definition) is 2. The monoisotopic (exact) mass is 1150 g/mol. The highest BCUT2D eigenvalue weighted by Gasteiger charge is 2.23. The van der Waals surface area contributed by atoms with Crippen LogP contribution in [0.25, 0.3) is 187 Å². The first-order chi connectivity index (χ1) is 44.6. The molecule has 20 aromatic rings. The van der Waals surface area contributed by atoms with Gasteiger partial charge in [-0.1, -0.05) is 164 Å². The lowest BCUT2D eigenvalue weighted by molar-refractivity contribution is 0.666. The average molecular weight is 1150 g/mol. The molecule has 0 spiro atoms. The Bertz CT molecular complexity index is 6350. The molecule has 6 heteroatoms. The normalized spacial score (nSPS) is 12.2. The van der Waals surface area contributed by atoms with Crippen molar-refractivity contribution in [2.24, 2.45) is 0 Å². The van der Waals surface area contributed by atoms with Crippen LogP contribution in [0.1, 0.15) is 0 Å². The van der Waals surface area contributed by atoms with Crippen molar-refractivity contribution < 1.29 is 8.83 Å². The third kappa shape index (κ3) is 7.04. The van der Waals surface area contributed by atoms with Crippen LogP contribution in [0.15, 0.2) is 312 Å². The summed E-state index contributed by atoms with van der Waals surface area (Å²) in [6, 6.07) is 110. The molecule has 0 unspecified atom stereocenters. The first kappa shape index (κ1) is 49.0. The first-order valence-corrected chi connectivity index (χ1v) is 30.8. The molecule has 0 aliphatic rings. The Morgan fingerprint density at radius 3 is 1.10 bits per heavy atom. The number of rotatable bonds is 7. The third-order valence-corrected chi connectivity index (χ3v) is 19.1. The van der Waals surface area contributed by atoms with E-state index in [1.807, 2.05) is 0 Å². The zero-order chi connectivity index (χ0) is 58.7. The van der Waals surface area contributed by atoms with E-state index in [1.54, 1.807) is 0 Å². The molecule has 6 aromatic heterocycles. The molecule has 0 aliphatic heterocycles. The Hall–Kier alpha value is -12.1. The Morgan fingerprint density at radius 2 is 0.556 bits per heavy atom. The zero-order valence-electron chi connectivity index (χ0n) is 48.5. The summed E-state index contributed by atoms with van der Waals surface area (Å²) in [5.74, 6) is 0. The smallest absolute Gasteiger partial charge is 0.159 e. The molecule has 14 aromatic carbocycles. The fraction of sp³-hybridized carbons (Fsp3) is 0. The van der Waals surface area contributed by atoms with Gasteiger partial charge in [-0.25, -0.2) is 0 Å². The predicted octanol–water partition coefficient (Wildman–Crippen LogP) is 22.9. The van der Waals surface area contributed by atoms with Gasteiger partial charge in [0, 0.05) is 87.3 Å². The summed E-state index contributed by atoms with van der Waals surface area (Å²) in [5, 5.41) is 13.9. The number of para-hydroxylation sites is 8. The molecule has 0 bridgehead atoms. The van der Waals surface area contributed by atoms with E-state index in [1.165, 1.54) is 59.8 Å². The highest BCUT2D eigenvalue weighted by Crippen LogP contribution is 2.46. The van der Waals surface area contributed by atoms with E-state index >= 15 is 0 Å². The number of furan rings is 2. The minimum atomic E-state index is 0.845. The average Bonchev–Trinajstić information content (AvgIpc) is 2.09. The van der Waals surface area contributed by atoms with Crippen molar-refractivity contribution in [1.82, 2.24) is 18.3 Å². The fourth-order valence-corrected chi connectivity index (χ4v) is 15.1. The van der Waals surface area contributed by atoms with E-state index < -0.39 is 0 Å². The van der Waals surface area contributed by atoms with Crippen LogP contribution in [0.2, 0.25) is 0 Å². The molecule has 0 aliphatic carbocycles. The molecular formula is C84H50N4O2. The van der Waals surface area contributed by atoms with Crippen LogP contribution in [-0.4, -0.2) is 18.3 Å². The molecule has 90 heavy (non-hydrogen) atoms. The molecular weight excluding hydrogens is 1100 g/mol. The zero-order valence-corrected chi connectivity index (χ0v) is 48.5. The van der Waals surface area contributed by atoms with Gasteiger partial charge in [-0.3, -0.25) is 0 Å². The van der Waals surface area contributed by atoms with Gasteiger partial charge in [-0.2, -0.15) is 0 Å². The first-order valence-electron chi connectivity index (χ1n) is 30.8. The summed E-state index contributed by atoms with van der Waals surface area (Å²) in [5.41, 5.74) is 23.7. The Morgan fingerprint density at radius 1 is 0.189 bits per heavy atom. The van der Waals surface area contributed by atoms with Crippen LogP contribution in [0, 0.1) is 0 Å². The highest BCUT2D eigenvalue weighted by molar-refractivity contribution is 6.18. The van der Waals surface area contributed by atoms with Crippen LogP contribution in [0.5, 0.6) is 0 Å². The number of fused-ring (bicyclic) bond motifs is 18. The van der Waals surface area contributed by atoms with Gasteiger partial charge in [0.1, 0.15) is 16.7 Å². The van der Waals surface area contributed by atoms with E-state index in [0.717, 1.165) is 127 Å². The molecule has 20 rings (SSSR count). The van der Waals surface area contributed by atoms with Gasteiger partial charge < -0.3 is 27.1 Å². The number of benzene rings is 14. The van der Waals surface area contributed by atoms with Crippen LogP contribution < -0.4 is 0 Å². The quantitative estimate of drug-likeness (QED) is 0.160. The second-order valence-corrected chi connectivity index (χ2v) is 23.9.